The van der Waals surface area contributed by atoms with Crippen molar-refractivity contribution in [3.8, 4) is 0 Å². The van der Waals surface area contributed by atoms with E-state index in [0.29, 0.717) is 23.3 Å². The maximum absolute atomic E-state index is 13.4. The molecule has 44 heavy (non-hydrogen) atoms. The fourth-order valence-electron chi connectivity index (χ4n) is 12.5. The van der Waals surface area contributed by atoms with Gasteiger partial charge < -0.3 is 14.2 Å². The predicted octanol–water partition coefficient (Wildman–Crippen LogP) is 9.78. The number of carbonyl (C=O) groups excluding carboxylic acids is 1. The average Bonchev–Trinajstić information content (AvgIpc) is 2.95. The second-order valence-electron chi connectivity index (χ2n) is 18.5. The third-order valence-corrected chi connectivity index (χ3v) is 15.2. The van der Waals surface area contributed by atoms with E-state index in [2.05, 4.69) is 68.4 Å². The molecule has 6 aliphatic rings. The first-order valence-corrected chi connectivity index (χ1v) is 17.8. The van der Waals surface area contributed by atoms with Crippen LogP contribution in [0.2, 0.25) is 0 Å². The Kier molecular flexibility index (Phi) is 6.82. The van der Waals surface area contributed by atoms with Crippen molar-refractivity contribution in [1.29, 1.82) is 0 Å². The molecule has 5 fully saturated rings. The second kappa shape index (κ2) is 9.69. The van der Waals surface area contributed by atoms with Crippen LogP contribution in [0.5, 0.6) is 0 Å². The van der Waals surface area contributed by atoms with Gasteiger partial charge in [0.2, 0.25) is 0 Å². The number of benzene rings is 1. The van der Waals surface area contributed by atoms with E-state index in [1.807, 2.05) is 30.3 Å². The molecule has 4 nitrogen and oxygen atoms in total. The maximum atomic E-state index is 13.4. The number of ether oxygens (including phenoxy) is 3. The van der Waals surface area contributed by atoms with E-state index >= 15 is 0 Å². The van der Waals surface area contributed by atoms with E-state index < -0.39 is 5.79 Å². The Morgan fingerprint density at radius 1 is 0.795 bits per heavy atom. The van der Waals surface area contributed by atoms with Crippen molar-refractivity contribution in [2.24, 2.45) is 50.2 Å². The molecule has 0 radical (unpaired) electrons. The summed E-state index contributed by atoms with van der Waals surface area (Å²) in [4.78, 5) is 13.4. The minimum atomic E-state index is -0.479. The minimum Gasteiger partial charge on any atom is -0.458 e. The van der Waals surface area contributed by atoms with Gasteiger partial charge in [-0.25, -0.2) is 4.79 Å². The van der Waals surface area contributed by atoms with Gasteiger partial charge in [0.25, 0.3) is 0 Å². The Morgan fingerprint density at radius 3 is 2.25 bits per heavy atom. The molecular formula is C40H58O4. The number of rotatable bonds is 2. The Balaban J connectivity index is 1.22. The molecule has 1 aliphatic heterocycles. The molecule has 1 aromatic carbocycles. The minimum absolute atomic E-state index is 0.0370. The lowest BCUT2D eigenvalue weighted by Gasteiger charge is -2.72. The Labute approximate surface area is 267 Å². The molecule has 7 rings (SSSR count). The number of hydrogen-bond donors (Lipinski definition) is 0. The predicted molar refractivity (Wildman–Crippen MR) is 175 cm³/mol. The van der Waals surface area contributed by atoms with E-state index in [-0.39, 0.29) is 50.7 Å². The Morgan fingerprint density at radius 2 is 1.52 bits per heavy atom. The summed E-state index contributed by atoms with van der Waals surface area (Å²) in [7, 11) is 0. The molecule has 0 bridgehead atoms. The lowest BCUT2D eigenvalue weighted by atomic mass is 9.33. The van der Waals surface area contributed by atoms with Gasteiger partial charge in [0, 0.05) is 10.8 Å². The summed E-state index contributed by atoms with van der Waals surface area (Å²) in [5.74, 6) is 1.07. The van der Waals surface area contributed by atoms with Gasteiger partial charge in [0.15, 0.2) is 5.79 Å². The van der Waals surface area contributed by atoms with Crippen LogP contribution in [0.25, 0.3) is 0 Å². The van der Waals surface area contributed by atoms with Gasteiger partial charge in [-0.2, -0.15) is 0 Å². The molecule has 4 heteroatoms. The standard InChI is InChI=1S/C40H58O4/c1-34(2)23-28-27-15-16-30-37(6)19-18-31-38(7,25-42-35(3,4)44-31)29(37)17-20-40(30,9)39(27,8)22-21-36(28,5)32(24-34)43-33(41)26-13-11-10-12-14-26/h10-15,28-32H,16-25H2,1-9H3/t28-,29?,30-,31?,32-,36-,37+,38+,39-,40-/m1/s1. The van der Waals surface area contributed by atoms with E-state index in [0.717, 1.165) is 25.9 Å². The van der Waals surface area contributed by atoms with Gasteiger partial charge in [-0.1, -0.05) is 78.3 Å². The largest absolute Gasteiger partial charge is 0.458 e. The summed E-state index contributed by atoms with van der Waals surface area (Å²) in [5.41, 5.74) is 3.20. The van der Waals surface area contributed by atoms with Crippen molar-refractivity contribution in [2.45, 2.75) is 138 Å². The fraction of sp³-hybridized carbons (Fsp3) is 0.775. The van der Waals surface area contributed by atoms with Crippen molar-refractivity contribution >= 4 is 5.97 Å². The molecule has 1 heterocycles. The quantitative estimate of drug-likeness (QED) is 0.250. The van der Waals surface area contributed by atoms with Gasteiger partial charge >= 0.3 is 5.97 Å². The van der Waals surface area contributed by atoms with Crippen molar-refractivity contribution in [1.82, 2.24) is 0 Å². The van der Waals surface area contributed by atoms with Crippen LogP contribution >= 0.6 is 0 Å². The first-order valence-electron chi connectivity index (χ1n) is 17.8. The monoisotopic (exact) mass is 602 g/mol. The molecule has 242 valence electrons. The van der Waals surface area contributed by atoms with Gasteiger partial charge in [0.05, 0.1) is 18.3 Å². The highest BCUT2D eigenvalue weighted by molar-refractivity contribution is 5.89. The highest BCUT2D eigenvalue weighted by atomic mass is 16.7. The van der Waals surface area contributed by atoms with Crippen molar-refractivity contribution in [2.75, 3.05) is 6.61 Å². The number of carbonyl (C=O) groups is 1. The molecular weight excluding hydrogens is 544 g/mol. The van der Waals surface area contributed by atoms with Gasteiger partial charge in [-0.05, 0) is 123 Å². The van der Waals surface area contributed by atoms with Crippen molar-refractivity contribution in [3.63, 3.8) is 0 Å². The van der Waals surface area contributed by atoms with Crippen molar-refractivity contribution < 1.29 is 19.0 Å². The molecule has 5 aliphatic carbocycles. The molecule has 4 saturated carbocycles. The van der Waals surface area contributed by atoms with Crippen molar-refractivity contribution in [3.05, 3.63) is 47.5 Å². The first kappa shape index (κ1) is 31.0. The van der Waals surface area contributed by atoms with Crippen LogP contribution in [0.15, 0.2) is 42.0 Å². The topological polar surface area (TPSA) is 44.8 Å². The summed E-state index contributed by atoms with van der Waals surface area (Å²) in [6.45, 7) is 22.7. The molecule has 0 amide bonds. The van der Waals surface area contributed by atoms with E-state index in [4.69, 9.17) is 14.2 Å². The molecule has 1 saturated heterocycles. The van der Waals surface area contributed by atoms with Crippen LogP contribution in [-0.4, -0.2) is 30.6 Å². The first-order chi connectivity index (χ1) is 20.5. The zero-order chi connectivity index (χ0) is 31.6. The molecule has 1 aromatic rings. The summed E-state index contributed by atoms with van der Waals surface area (Å²) >= 11 is 0. The number of allylic oxidation sites excluding steroid dienone is 2. The average molecular weight is 603 g/mol. The zero-order valence-electron chi connectivity index (χ0n) is 29.1. The molecule has 0 aromatic heterocycles. The van der Waals surface area contributed by atoms with E-state index in [1.165, 1.54) is 38.5 Å². The smallest absolute Gasteiger partial charge is 0.338 e. The fourth-order valence-corrected chi connectivity index (χ4v) is 12.5. The van der Waals surface area contributed by atoms with E-state index in [9.17, 15) is 4.79 Å². The summed E-state index contributed by atoms with van der Waals surface area (Å²) < 4.78 is 19.5. The molecule has 0 N–H and O–H groups in total. The van der Waals surface area contributed by atoms with Crippen LogP contribution in [0.1, 0.15) is 130 Å². The SMILES string of the molecule is CC1(C)C[C@@H]2C3=CC[C@@H]4[C@@]5(C)CCC6OC(C)(C)OC[C@@]6(C)C5CC[C@@]4(C)[C@]3(C)CC[C@@]2(C)[C@H](OC(=O)c2ccccc2)C1. The maximum Gasteiger partial charge on any atom is 0.338 e. The van der Waals surface area contributed by atoms with Gasteiger partial charge in [-0.15, -0.1) is 0 Å². The summed E-state index contributed by atoms with van der Waals surface area (Å²) in [5, 5.41) is 0. The summed E-state index contributed by atoms with van der Waals surface area (Å²) in [6, 6.07) is 9.59. The number of fused-ring (bicyclic) bond motifs is 9. The molecule has 2 unspecified atom stereocenters. The highest BCUT2D eigenvalue weighted by Gasteiger charge is 2.70. The van der Waals surface area contributed by atoms with E-state index in [1.54, 1.807) is 5.57 Å². The second-order valence-corrected chi connectivity index (χ2v) is 18.5. The third kappa shape index (κ3) is 4.24. The summed E-state index contributed by atoms with van der Waals surface area (Å²) in [6.07, 6.45) is 13.4. The van der Waals surface area contributed by atoms with Gasteiger partial charge in [-0.3, -0.25) is 0 Å². The Hall–Kier alpha value is -1.65. The van der Waals surface area contributed by atoms with Crippen LogP contribution < -0.4 is 0 Å². The van der Waals surface area contributed by atoms with Crippen LogP contribution in [0, 0.1) is 50.2 Å². The zero-order valence-corrected chi connectivity index (χ0v) is 29.1. The number of hydrogen-bond acceptors (Lipinski definition) is 4. The highest BCUT2D eigenvalue weighted by Crippen LogP contribution is 2.76. The van der Waals surface area contributed by atoms with Crippen LogP contribution in [-0.2, 0) is 14.2 Å². The third-order valence-electron chi connectivity index (χ3n) is 15.2. The van der Waals surface area contributed by atoms with Crippen LogP contribution in [0.4, 0.5) is 0 Å². The lowest BCUT2D eigenvalue weighted by molar-refractivity contribution is -0.351. The molecule has 0 spiro atoms. The normalized spacial score (nSPS) is 48.8. The lowest BCUT2D eigenvalue weighted by Crippen LogP contribution is -2.68. The number of esters is 1. The van der Waals surface area contributed by atoms with Gasteiger partial charge in [0.1, 0.15) is 6.10 Å². The molecule has 10 atom stereocenters. The Bertz CT molecular complexity index is 1350. The van der Waals surface area contributed by atoms with Crippen LogP contribution in [0.3, 0.4) is 0 Å².